The van der Waals surface area contributed by atoms with Crippen molar-refractivity contribution < 1.29 is 19.1 Å². The van der Waals surface area contributed by atoms with Crippen molar-refractivity contribution in [2.24, 2.45) is 0 Å². The normalized spacial score (nSPS) is 10.1. The molecule has 0 amide bonds. The Morgan fingerprint density at radius 3 is 2.85 bits per heavy atom. The number of rotatable bonds is 5. The Morgan fingerprint density at radius 2 is 2.25 bits per heavy atom. The Kier molecular flexibility index (Phi) is 4.92. The first kappa shape index (κ1) is 14.7. The van der Waals surface area contributed by atoms with E-state index in [2.05, 4.69) is 15.9 Å². The first-order chi connectivity index (χ1) is 9.65. The number of halogens is 1. The number of thiophene rings is 1. The Hall–Kier alpha value is -1.66. The molecule has 1 heterocycles. The molecule has 0 atom stereocenters. The van der Waals surface area contributed by atoms with Crippen LogP contribution in [0.1, 0.15) is 27.0 Å². The van der Waals surface area contributed by atoms with Gasteiger partial charge in [-0.3, -0.25) is 4.79 Å². The van der Waals surface area contributed by atoms with Crippen molar-refractivity contribution in [1.82, 2.24) is 0 Å². The maximum atomic E-state index is 12.0. The maximum Gasteiger partial charge on any atom is 0.353 e. The number of benzene rings is 1. The van der Waals surface area contributed by atoms with Crippen LogP contribution in [0.25, 0.3) is 0 Å². The maximum absolute atomic E-state index is 12.0. The number of aldehydes is 1. The van der Waals surface area contributed by atoms with Crippen LogP contribution in [-0.4, -0.2) is 18.9 Å². The van der Waals surface area contributed by atoms with Gasteiger partial charge in [0.2, 0.25) is 0 Å². The zero-order chi connectivity index (χ0) is 14.5. The van der Waals surface area contributed by atoms with Gasteiger partial charge in [-0.25, -0.2) is 4.79 Å². The number of esters is 1. The molecule has 0 saturated carbocycles. The zero-order valence-corrected chi connectivity index (χ0v) is 13.0. The van der Waals surface area contributed by atoms with Gasteiger partial charge < -0.3 is 9.47 Å². The fraction of sp³-hybridized carbons (Fsp3) is 0.143. The minimum Gasteiger partial charge on any atom is -0.490 e. The van der Waals surface area contributed by atoms with Crippen LogP contribution < -0.4 is 9.47 Å². The van der Waals surface area contributed by atoms with Crippen LogP contribution in [0.15, 0.2) is 34.1 Å². The molecule has 0 saturated heterocycles. The standard InChI is InChI=1S/C14H11BrO4S/c1-2-18-11-7-9(8-16)6-10(15)13(11)19-14(17)12-4-3-5-20-12/h3-8H,2H2,1H3. The molecule has 0 aliphatic rings. The van der Waals surface area contributed by atoms with Gasteiger partial charge in [0.1, 0.15) is 11.2 Å². The summed E-state index contributed by atoms with van der Waals surface area (Å²) in [5.41, 5.74) is 0.441. The summed E-state index contributed by atoms with van der Waals surface area (Å²) in [6.45, 7) is 2.21. The van der Waals surface area contributed by atoms with Crippen molar-refractivity contribution in [1.29, 1.82) is 0 Å². The third-order valence-corrected chi connectivity index (χ3v) is 3.82. The van der Waals surface area contributed by atoms with Crippen LogP contribution in [0.4, 0.5) is 0 Å². The SMILES string of the molecule is CCOc1cc(C=O)cc(Br)c1OC(=O)c1cccs1. The lowest BCUT2D eigenvalue weighted by atomic mass is 10.2. The highest BCUT2D eigenvalue weighted by Crippen LogP contribution is 2.37. The highest BCUT2D eigenvalue weighted by atomic mass is 79.9. The topological polar surface area (TPSA) is 52.6 Å². The third kappa shape index (κ3) is 3.26. The Labute approximate surface area is 128 Å². The van der Waals surface area contributed by atoms with Gasteiger partial charge in [-0.05, 0) is 46.4 Å². The largest absolute Gasteiger partial charge is 0.490 e. The lowest BCUT2D eigenvalue weighted by Gasteiger charge is -2.12. The summed E-state index contributed by atoms with van der Waals surface area (Å²) < 4.78 is 11.3. The quantitative estimate of drug-likeness (QED) is 0.463. The van der Waals surface area contributed by atoms with Crippen LogP contribution in [-0.2, 0) is 0 Å². The molecule has 20 heavy (non-hydrogen) atoms. The zero-order valence-electron chi connectivity index (χ0n) is 10.6. The number of ether oxygens (including phenoxy) is 2. The van der Waals surface area contributed by atoms with Crippen molar-refractivity contribution >= 4 is 39.5 Å². The Morgan fingerprint density at radius 1 is 1.45 bits per heavy atom. The molecule has 0 spiro atoms. The monoisotopic (exact) mass is 354 g/mol. The van der Waals surface area contributed by atoms with Gasteiger partial charge in [0.15, 0.2) is 11.5 Å². The molecule has 0 N–H and O–H groups in total. The predicted molar refractivity (Wildman–Crippen MR) is 80.0 cm³/mol. The molecule has 0 radical (unpaired) electrons. The summed E-state index contributed by atoms with van der Waals surface area (Å²) in [5, 5.41) is 1.80. The molecule has 104 valence electrons. The van der Waals surface area contributed by atoms with E-state index in [1.807, 2.05) is 6.92 Å². The molecule has 4 nitrogen and oxygen atoms in total. The smallest absolute Gasteiger partial charge is 0.353 e. The summed E-state index contributed by atoms with van der Waals surface area (Å²) in [4.78, 5) is 23.3. The van der Waals surface area contributed by atoms with E-state index in [9.17, 15) is 9.59 Å². The average molecular weight is 355 g/mol. The van der Waals surface area contributed by atoms with E-state index in [1.54, 1.807) is 23.6 Å². The molecule has 0 bridgehead atoms. The van der Waals surface area contributed by atoms with Gasteiger partial charge in [0.25, 0.3) is 0 Å². The van der Waals surface area contributed by atoms with Crippen molar-refractivity contribution in [3.8, 4) is 11.5 Å². The van der Waals surface area contributed by atoms with Crippen molar-refractivity contribution in [3.05, 3.63) is 44.6 Å². The van der Waals surface area contributed by atoms with Gasteiger partial charge in [-0.15, -0.1) is 11.3 Å². The van der Waals surface area contributed by atoms with Crippen LogP contribution in [0, 0.1) is 0 Å². The minimum atomic E-state index is -0.458. The Bertz CT molecular complexity index is 622. The van der Waals surface area contributed by atoms with E-state index in [-0.39, 0.29) is 5.75 Å². The molecule has 0 aliphatic carbocycles. The van der Waals surface area contributed by atoms with Crippen molar-refractivity contribution in [2.75, 3.05) is 6.61 Å². The van der Waals surface area contributed by atoms with E-state index in [1.165, 1.54) is 17.4 Å². The van der Waals surface area contributed by atoms with Crippen molar-refractivity contribution in [3.63, 3.8) is 0 Å². The molecule has 2 rings (SSSR count). The summed E-state index contributed by atoms with van der Waals surface area (Å²) in [5.74, 6) is 0.172. The fourth-order valence-electron chi connectivity index (χ4n) is 1.56. The van der Waals surface area contributed by atoms with Gasteiger partial charge in [-0.2, -0.15) is 0 Å². The first-order valence-electron chi connectivity index (χ1n) is 5.83. The van der Waals surface area contributed by atoms with Crippen LogP contribution in [0.3, 0.4) is 0 Å². The Balaban J connectivity index is 2.34. The lowest BCUT2D eigenvalue weighted by molar-refractivity contribution is 0.0732. The molecule has 1 aromatic carbocycles. The number of carbonyl (C=O) groups is 2. The number of hydrogen-bond donors (Lipinski definition) is 0. The second kappa shape index (κ2) is 6.67. The average Bonchev–Trinajstić information content (AvgIpc) is 2.96. The second-order valence-electron chi connectivity index (χ2n) is 3.75. The second-order valence-corrected chi connectivity index (χ2v) is 5.55. The molecule has 0 aliphatic heterocycles. The molecule has 1 aromatic heterocycles. The molecule has 6 heteroatoms. The summed E-state index contributed by atoms with van der Waals surface area (Å²) in [6.07, 6.45) is 0.706. The highest BCUT2D eigenvalue weighted by molar-refractivity contribution is 9.10. The van der Waals surface area contributed by atoms with E-state index < -0.39 is 5.97 Å². The van der Waals surface area contributed by atoms with E-state index in [0.717, 1.165) is 0 Å². The number of carbonyl (C=O) groups excluding carboxylic acids is 2. The molecular formula is C14H11BrO4S. The third-order valence-electron chi connectivity index (χ3n) is 2.38. The molecular weight excluding hydrogens is 344 g/mol. The van der Waals surface area contributed by atoms with Gasteiger partial charge >= 0.3 is 5.97 Å². The van der Waals surface area contributed by atoms with E-state index in [0.29, 0.717) is 33.6 Å². The number of hydrogen-bond acceptors (Lipinski definition) is 5. The minimum absolute atomic E-state index is 0.274. The molecule has 2 aromatic rings. The first-order valence-corrected chi connectivity index (χ1v) is 7.50. The summed E-state index contributed by atoms with van der Waals surface area (Å²) in [7, 11) is 0. The highest BCUT2D eigenvalue weighted by Gasteiger charge is 2.17. The van der Waals surface area contributed by atoms with Crippen molar-refractivity contribution in [2.45, 2.75) is 6.92 Å². The predicted octanol–water partition coefficient (Wildman–Crippen LogP) is 3.94. The van der Waals surface area contributed by atoms with Gasteiger partial charge in [-0.1, -0.05) is 6.07 Å². The van der Waals surface area contributed by atoms with Crippen LogP contribution in [0.2, 0.25) is 0 Å². The van der Waals surface area contributed by atoms with E-state index in [4.69, 9.17) is 9.47 Å². The fourth-order valence-corrected chi connectivity index (χ4v) is 2.70. The van der Waals surface area contributed by atoms with E-state index >= 15 is 0 Å². The van der Waals surface area contributed by atoms with Gasteiger partial charge in [0, 0.05) is 5.56 Å². The summed E-state index contributed by atoms with van der Waals surface area (Å²) in [6, 6.07) is 6.57. The molecule has 0 fully saturated rings. The summed E-state index contributed by atoms with van der Waals surface area (Å²) >= 11 is 4.58. The van der Waals surface area contributed by atoms with Gasteiger partial charge in [0.05, 0.1) is 11.1 Å². The molecule has 0 unspecified atom stereocenters. The lowest BCUT2D eigenvalue weighted by Crippen LogP contribution is -2.09. The van der Waals surface area contributed by atoms with Crippen LogP contribution >= 0.6 is 27.3 Å². The van der Waals surface area contributed by atoms with Crippen LogP contribution in [0.5, 0.6) is 11.5 Å².